The van der Waals surface area contributed by atoms with Gasteiger partial charge in [-0.3, -0.25) is 0 Å². The predicted octanol–water partition coefficient (Wildman–Crippen LogP) is 3.22. The van der Waals surface area contributed by atoms with Crippen LogP contribution in [-0.2, 0) is 10.1 Å². The maximum Gasteiger partial charge on any atom is 0.311 e. The van der Waals surface area contributed by atoms with E-state index in [0.717, 1.165) is 5.56 Å². The highest BCUT2D eigenvalue weighted by molar-refractivity contribution is 7.87. The van der Waals surface area contributed by atoms with Crippen LogP contribution < -0.4 is 9.50 Å². The van der Waals surface area contributed by atoms with E-state index in [1.54, 1.807) is 30.3 Å². The van der Waals surface area contributed by atoms with Crippen molar-refractivity contribution in [3.8, 4) is 5.75 Å². The average Bonchev–Trinajstić information content (AvgIpc) is 2.53. The second kappa shape index (κ2) is 5.00. The summed E-state index contributed by atoms with van der Waals surface area (Å²) < 4.78 is 29.1. The summed E-state index contributed by atoms with van der Waals surface area (Å²) in [5.74, 6) is 0.188. The Hall–Kier alpha value is -1.72. The Morgan fingerprint density at radius 2 is 1.80 bits per heavy atom. The summed E-state index contributed by atoms with van der Waals surface area (Å²) in [5.41, 5.74) is 1.51. The van der Waals surface area contributed by atoms with Crippen LogP contribution in [0.1, 0.15) is 11.6 Å². The van der Waals surface area contributed by atoms with Crippen molar-refractivity contribution in [3.05, 3.63) is 59.1 Å². The third-order valence-electron chi connectivity index (χ3n) is 3.08. The molecular formula is C14H12ClNO3S. The van der Waals surface area contributed by atoms with Crippen molar-refractivity contribution < 1.29 is 12.6 Å². The van der Waals surface area contributed by atoms with Crippen LogP contribution in [0, 0.1) is 0 Å². The number of halogens is 1. The number of para-hydroxylation sites is 2. The summed E-state index contributed by atoms with van der Waals surface area (Å²) in [6.07, 6.45) is 0. The lowest BCUT2D eigenvalue weighted by Crippen LogP contribution is -2.21. The number of fused-ring (bicyclic) bond motifs is 1. The topological polar surface area (TPSA) is 55.4 Å². The fourth-order valence-corrected chi connectivity index (χ4v) is 3.43. The fourth-order valence-electron chi connectivity index (χ4n) is 2.14. The van der Waals surface area contributed by atoms with E-state index in [-0.39, 0.29) is 11.8 Å². The number of anilines is 1. The molecule has 0 saturated heterocycles. The first-order valence-electron chi connectivity index (χ1n) is 6.07. The molecule has 0 aromatic heterocycles. The molecule has 1 unspecified atom stereocenters. The maximum atomic E-state index is 12.0. The zero-order chi connectivity index (χ0) is 14.2. The van der Waals surface area contributed by atoms with Crippen LogP contribution in [0.3, 0.4) is 0 Å². The zero-order valence-corrected chi connectivity index (χ0v) is 12.0. The van der Waals surface area contributed by atoms with E-state index in [4.69, 9.17) is 15.8 Å². The van der Waals surface area contributed by atoms with Gasteiger partial charge >= 0.3 is 10.1 Å². The second-order valence-electron chi connectivity index (χ2n) is 4.55. The number of benzene rings is 2. The van der Waals surface area contributed by atoms with Crippen LogP contribution in [0.15, 0.2) is 48.5 Å². The molecule has 1 atom stereocenters. The minimum atomic E-state index is -3.64. The molecule has 1 aliphatic rings. The molecule has 0 spiro atoms. The molecule has 20 heavy (non-hydrogen) atoms. The molecule has 0 bridgehead atoms. The van der Waals surface area contributed by atoms with Gasteiger partial charge in [0.1, 0.15) is 5.75 Å². The number of rotatable bonds is 1. The minimum absolute atomic E-state index is 0.136. The standard InChI is InChI=1S/C14H12ClNO3S/c15-11-7-5-10(6-8-11)13-9-20(17,18)19-14-4-2-1-3-12(14)16-13/h1-8,13,16H,9H2. The van der Waals surface area contributed by atoms with E-state index in [9.17, 15) is 8.42 Å². The summed E-state index contributed by atoms with van der Waals surface area (Å²) in [6.45, 7) is 0. The quantitative estimate of drug-likeness (QED) is 0.822. The first-order valence-corrected chi connectivity index (χ1v) is 8.02. The van der Waals surface area contributed by atoms with Crippen molar-refractivity contribution in [1.82, 2.24) is 0 Å². The summed E-state index contributed by atoms with van der Waals surface area (Å²) in [7, 11) is -3.64. The first-order chi connectivity index (χ1) is 9.53. The average molecular weight is 310 g/mol. The van der Waals surface area contributed by atoms with Gasteiger partial charge in [-0.25, -0.2) is 0 Å². The zero-order valence-electron chi connectivity index (χ0n) is 10.4. The van der Waals surface area contributed by atoms with Gasteiger partial charge in [0.2, 0.25) is 0 Å². The molecule has 0 aliphatic carbocycles. The van der Waals surface area contributed by atoms with Gasteiger partial charge < -0.3 is 9.50 Å². The Morgan fingerprint density at radius 3 is 2.55 bits per heavy atom. The molecular weight excluding hydrogens is 298 g/mol. The minimum Gasteiger partial charge on any atom is -0.380 e. The Labute approximate surface area is 122 Å². The molecule has 2 aromatic carbocycles. The van der Waals surface area contributed by atoms with Gasteiger partial charge in [0.15, 0.2) is 5.75 Å². The summed E-state index contributed by atoms with van der Waals surface area (Å²) in [4.78, 5) is 0. The molecule has 3 rings (SSSR count). The van der Waals surface area contributed by atoms with Crippen molar-refractivity contribution in [2.45, 2.75) is 6.04 Å². The monoisotopic (exact) mass is 309 g/mol. The highest BCUT2D eigenvalue weighted by atomic mass is 35.5. The van der Waals surface area contributed by atoms with Gasteiger partial charge in [-0.15, -0.1) is 0 Å². The Morgan fingerprint density at radius 1 is 1.10 bits per heavy atom. The Balaban J connectivity index is 2.03. The van der Waals surface area contributed by atoms with Crippen LogP contribution in [0.2, 0.25) is 5.02 Å². The maximum absolute atomic E-state index is 12.0. The van der Waals surface area contributed by atoms with Gasteiger partial charge in [0.25, 0.3) is 0 Å². The molecule has 1 heterocycles. The van der Waals surface area contributed by atoms with Gasteiger partial charge in [-0.1, -0.05) is 35.9 Å². The third kappa shape index (κ3) is 2.73. The van der Waals surface area contributed by atoms with Crippen molar-refractivity contribution in [2.75, 3.05) is 11.1 Å². The van der Waals surface area contributed by atoms with E-state index in [2.05, 4.69) is 5.32 Å². The smallest absolute Gasteiger partial charge is 0.311 e. The molecule has 0 amide bonds. The molecule has 104 valence electrons. The van der Waals surface area contributed by atoms with Crippen molar-refractivity contribution in [1.29, 1.82) is 0 Å². The molecule has 1 aliphatic heterocycles. The molecule has 0 radical (unpaired) electrons. The lowest BCUT2D eigenvalue weighted by Gasteiger charge is -2.16. The fraction of sp³-hybridized carbons (Fsp3) is 0.143. The summed E-state index contributed by atoms with van der Waals surface area (Å²) >= 11 is 5.86. The Kier molecular flexibility index (Phi) is 3.31. The first kappa shape index (κ1) is 13.3. The van der Waals surface area contributed by atoms with Crippen molar-refractivity contribution in [3.63, 3.8) is 0 Å². The summed E-state index contributed by atoms with van der Waals surface area (Å²) in [6, 6.07) is 13.7. The number of nitrogens with one attached hydrogen (secondary N) is 1. The summed E-state index contributed by atoms with van der Waals surface area (Å²) in [5, 5.41) is 3.82. The van der Waals surface area contributed by atoms with Crippen molar-refractivity contribution >= 4 is 27.4 Å². The molecule has 0 fully saturated rings. The molecule has 0 saturated carbocycles. The van der Waals surface area contributed by atoms with Gasteiger partial charge in [-0.2, -0.15) is 8.42 Å². The van der Waals surface area contributed by atoms with E-state index >= 15 is 0 Å². The number of hydrogen-bond donors (Lipinski definition) is 1. The van der Waals surface area contributed by atoms with E-state index in [1.165, 1.54) is 0 Å². The molecule has 2 aromatic rings. The van der Waals surface area contributed by atoms with Gasteiger partial charge in [-0.05, 0) is 29.8 Å². The van der Waals surface area contributed by atoms with Crippen LogP contribution >= 0.6 is 11.6 Å². The second-order valence-corrected chi connectivity index (χ2v) is 6.60. The molecule has 4 nitrogen and oxygen atoms in total. The van der Waals surface area contributed by atoms with Crippen LogP contribution in [0.5, 0.6) is 5.75 Å². The van der Waals surface area contributed by atoms with E-state index < -0.39 is 10.1 Å². The van der Waals surface area contributed by atoms with E-state index in [1.807, 2.05) is 18.2 Å². The van der Waals surface area contributed by atoms with Gasteiger partial charge in [0.05, 0.1) is 11.7 Å². The predicted molar refractivity (Wildman–Crippen MR) is 78.7 cm³/mol. The third-order valence-corrected chi connectivity index (χ3v) is 4.50. The lowest BCUT2D eigenvalue weighted by molar-refractivity contribution is 0.488. The van der Waals surface area contributed by atoms with Crippen LogP contribution in [-0.4, -0.2) is 14.2 Å². The molecule has 6 heteroatoms. The molecule has 1 N–H and O–H groups in total. The van der Waals surface area contributed by atoms with Gasteiger partial charge in [0, 0.05) is 5.02 Å². The number of hydrogen-bond acceptors (Lipinski definition) is 4. The normalized spacial score (nSPS) is 20.1. The lowest BCUT2D eigenvalue weighted by atomic mass is 10.1. The van der Waals surface area contributed by atoms with Crippen molar-refractivity contribution in [2.24, 2.45) is 0 Å². The van der Waals surface area contributed by atoms with E-state index in [0.29, 0.717) is 16.5 Å². The largest absolute Gasteiger partial charge is 0.380 e. The highest BCUT2D eigenvalue weighted by Gasteiger charge is 2.27. The van der Waals surface area contributed by atoms with Crippen LogP contribution in [0.4, 0.5) is 5.69 Å². The highest BCUT2D eigenvalue weighted by Crippen LogP contribution is 2.33. The van der Waals surface area contributed by atoms with Crippen LogP contribution in [0.25, 0.3) is 0 Å². The Bertz CT molecular complexity index is 728. The SMILES string of the molecule is O=S1(=O)CC(c2ccc(Cl)cc2)Nc2ccccc2O1.